The minimum Gasteiger partial charge on any atom is -0.465 e. The molecule has 3 amide bonds. The van der Waals surface area contributed by atoms with E-state index in [0.717, 1.165) is 12.8 Å². The van der Waals surface area contributed by atoms with Crippen LogP contribution in [0.3, 0.4) is 0 Å². The number of carbonyl (C=O) groups is 4. The van der Waals surface area contributed by atoms with Crippen molar-refractivity contribution in [2.45, 2.75) is 49.6 Å². The summed E-state index contributed by atoms with van der Waals surface area (Å²) in [6, 6.07) is 5.83. The van der Waals surface area contributed by atoms with E-state index in [-0.39, 0.29) is 55.7 Å². The van der Waals surface area contributed by atoms with Gasteiger partial charge in [-0.05, 0) is 24.8 Å². The number of ether oxygens (including phenoxy) is 1. The summed E-state index contributed by atoms with van der Waals surface area (Å²) >= 11 is 0. The van der Waals surface area contributed by atoms with Crippen molar-refractivity contribution in [3.8, 4) is 0 Å². The highest BCUT2D eigenvalue weighted by Crippen LogP contribution is 2.43. The van der Waals surface area contributed by atoms with E-state index >= 15 is 8.78 Å². The topological polar surface area (TPSA) is 164 Å². The van der Waals surface area contributed by atoms with Gasteiger partial charge in [-0.15, -0.1) is 0 Å². The highest BCUT2D eigenvalue weighted by atomic mass is 19.3. The lowest BCUT2D eigenvalue weighted by molar-refractivity contribution is -0.162. The molecule has 1 saturated carbocycles. The zero-order chi connectivity index (χ0) is 28.2. The minimum absolute atomic E-state index is 0.00437. The first-order chi connectivity index (χ1) is 18.6. The molecule has 1 aromatic carbocycles. The number of hydrogen-bond acceptors (Lipinski definition) is 8. The van der Waals surface area contributed by atoms with Crippen LogP contribution in [0.1, 0.15) is 37.2 Å². The third kappa shape index (κ3) is 6.45. The molecule has 5 N–H and O–H groups in total. The van der Waals surface area contributed by atoms with Gasteiger partial charge in [-0.3, -0.25) is 24.3 Å². The Labute approximate surface area is 223 Å². The lowest BCUT2D eigenvalue weighted by Crippen LogP contribution is -2.61. The van der Waals surface area contributed by atoms with Crippen molar-refractivity contribution in [1.29, 1.82) is 0 Å². The van der Waals surface area contributed by atoms with E-state index in [4.69, 9.17) is 15.3 Å². The highest BCUT2D eigenvalue weighted by Gasteiger charge is 2.58. The van der Waals surface area contributed by atoms with E-state index in [1.807, 2.05) is 0 Å². The predicted octanol–water partition coefficient (Wildman–Crippen LogP) is 1.11. The monoisotopic (exact) mass is 551 g/mol. The number of Topliss-reactive ketones (excluding diaryl/α,β-unsaturated/α-hetero) is 1. The van der Waals surface area contributed by atoms with E-state index in [1.54, 1.807) is 17.3 Å². The number of nitrogens with zero attached hydrogens (tertiary/aromatic N) is 2. The maximum atomic E-state index is 16.2. The number of carboxylic acid groups (broad SMARTS) is 1. The number of primary amides is 1. The second kappa shape index (κ2) is 11.9. The van der Waals surface area contributed by atoms with E-state index in [9.17, 15) is 24.3 Å². The third-order valence-electron chi connectivity index (χ3n) is 6.91. The van der Waals surface area contributed by atoms with Gasteiger partial charge < -0.3 is 25.7 Å². The van der Waals surface area contributed by atoms with Crippen LogP contribution in [0.15, 0.2) is 42.3 Å². The number of morpholine rings is 1. The number of hydrazine groups is 1. The van der Waals surface area contributed by atoms with Crippen molar-refractivity contribution in [3.63, 3.8) is 0 Å². The molecule has 212 valence electrons. The van der Waals surface area contributed by atoms with Gasteiger partial charge in [0, 0.05) is 25.6 Å². The molecule has 12 nitrogen and oxygen atoms in total. The van der Waals surface area contributed by atoms with E-state index in [0.29, 0.717) is 4.90 Å². The molecular weight excluding hydrogens is 520 g/mol. The molecule has 0 bridgehead atoms. The number of allylic oxidation sites excluding steroid dienone is 1. The van der Waals surface area contributed by atoms with Crippen LogP contribution >= 0.6 is 0 Å². The SMILES string of the molecule is NC(=O)C([C@H]1COCCN1C(=O)O)C(F)(F)[C@H](C(=O)NCCCC(=O)C1=CN(C2CC2)NO1)c1ccccc1. The van der Waals surface area contributed by atoms with E-state index in [1.165, 1.54) is 24.3 Å². The molecule has 3 atom stereocenters. The molecule has 1 aromatic rings. The summed E-state index contributed by atoms with van der Waals surface area (Å²) in [7, 11) is 0. The van der Waals surface area contributed by atoms with E-state index < -0.39 is 48.3 Å². The maximum absolute atomic E-state index is 16.2. The number of carbonyl (C=O) groups excluding carboxylic acids is 3. The summed E-state index contributed by atoms with van der Waals surface area (Å²) in [5.74, 6) is -11.3. The molecule has 1 aliphatic carbocycles. The first-order valence-corrected chi connectivity index (χ1v) is 12.6. The van der Waals surface area contributed by atoms with Gasteiger partial charge in [-0.25, -0.2) is 13.6 Å². The number of amides is 3. The van der Waals surface area contributed by atoms with Gasteiger partial charge >= 0.3 is 6.09 Å². The first-order valence-electron chi connectivity index (χ1n) is 12.6. The Bertz CT molecular complexity index is 1120. The maximum Gasteiger partial charge on any atom is 0.407 e. The summed E-state index contributed by atoms with van der Waals surface area (Å²) < 4.78 is 37.6. The molecule has 0 radical (unpaired) electrons. The second-order valence-electron chi connectivity index (χ2n) is 9.66. The Balaban J connectivity index is 1.47. The number of ketones is 1. The largest absolute Gasteiger partial charge is 0.465 e. The Hall–Kier alpha value is -3.78. The lowest BCUT2D eigenvalue weighted by atomic mass is 9.79. The van der Waals surface area contributed by atoms with Gasteiger partial charge in [0.05, 0.1) is 25.5 Å². The van der Waals surface area contributed by atoms with Crippen molar-refractivity contribution in [3.05, 3.63) is 47.9 Å². The molecule has 4 rings (SSSR count). The van der Waals surface area contributed by atoms with Gasteiger partial charge in [0.15, 0.2) is 0 Å². The van der Waals surface area contributed by atoms with Gasteiger partial charge in [-0.1, -0.05) is 35.9 Å². The second-order valence-corrected chi connectivity index (χ2v) is 9.66. The molecule has 1 unspecified atom stereocenters. The smallest absolute Gasteiger partial charge is 0.407 e. The van der Waals surface area contributed by atoms with Crippen LogP contribution in [0, 0.1) is 5.92 Å². The first kappa shape index (κ1) is 28.2. The van der Waals surface area contributed by atoms with Crippen LogP contribution in [0.2, 0.25) is 0 Å². The Morgan fingerprint density at radius 3 is 2.56 bits per heavy atom. The molecule has 14 heteroatoms. The number of hydrogen-bond donors (Lipinski definition) is 4. The minimum atomic E-state index is -4.09. The van der Waals surface area contributed by atoms with Gasteiger partial charge in [0.25, 0.3) is 5.92 Å². The normalized spacial score (nSPS) is 21.0. The van der Waals surface area contributed by atoms with Gasteiger partial charge in [0.1, 0.15) is 11.8 Å². The summed E-state index contributed by atoms with van der Waals surface area (Å²) in [6.07, 6.45) is 2.19. The van der Waals surface area contributed by atoms with Crippen LogP contribution in [-0.4, -0.2) is 83.0 Å². The molecule has 1 saturated heterocycles. The standard InChI is InChI=1S/C25H31F2N5O7/c26-25(27,21(22(28)34)17-14-38-12-11-31(17)24(36)37)20(15-5-2-1-3-6-15)23(35)29-10-4-7-18(33)19-13-32(30-39-19)16-8-9-16/h1-3,5-6,13,16-17,20-21,30H,4,7-12,14H2,(H2,28,34)(H,29,35)(H,36,37)/t17-,20+,21?/m1/s1. The number of benzene rings is 1. The fourth-order valence-electron chi connectivity index (χ4n) is 4.77. The molecule has 0 aromatic heterocycles. The van der Waals surface area contributed by atoms with Crippen LogP contribution in [0.25, 0.3) is 0 Å². The Morgan fingerprint density at radius 2 is 1.92 bits per heavy atom. The van der Waals surface area contributed by atoms with Gasteiger partial charge in [-0.2, -0.15) is 0 Å². The molecule has 3 aliphatic rings. The fraction of sp³-hybridized carbons (Fsp3) is 0.520. The number of halogens is 2. The van der Waals surface area contributed by atoms with Crippen molar-refractivity contribution < 1.29 is 42.6 Å². The van der Waals surface area contributed by atoms with Crippen LogP contribution in [0.5, 0.6) is 0 Å². The Kier molecular flexibility index (Phi) is 8.65. The van der Waals surface area contributed by atoms with Crippen molar-refractivity contribution in [2.75, 3.05) is 26.3 Å². The summed E-state index contributed by atoms with van der Waals surface area (Å²) in [4.78, 5) is 55.6. The quantitative estimate of drug-likeness (QED) is 0.279. The average Bonchev–Trinajstić information content (AvgIpc) is 3.63. The van der Waals surface area contributed by atoms with Crippen molar-refractivity contribution >= 4 is 23.7 Å². The molecule has 39 heavy (non-hydrogen) atoms. The molecular formula is C25H31F2N5O7. The number of alkyl halides is 2. The molecule has 2 heterocycles. The van der Waals surface area contributed by atoms with Crippen LogP contribution in [0.4, 0.5) is 13.6 Å². The number of rotatable bonds is 12. The van der Waals surface area contributed by atoms with Crippen molar-refractivity contribution in [2.24, 2.45) is 11.7 Å². The Morgan fingerprint density at radius 1 is 1.21 bits per heavy atom. The summed E-state index contributed by atoms with van der Waals surface area (Å²) in [5.41, 5.74) is 7.95. The van der Waals surface area contributed by atoms with Crippen molar-refractivity contribution in [1.82, 2.24) is 20.8 Å². The number of nitrogens with two attached hydrogens (primary N) is 1. The highest BCUT2D eigenvalue weighted by molar-refractivity contribution is 5.93. The average molecular weight is 552 g/mol. The van der Waals surface area contributed by atoms with E-state index in [2.05, 4.69) is 10.9 Å². The van der Waals surface area contributed by atoms with Crippen LogP contribution < -0.4 is 16.6 Å². The zero-order valence-electron chi connectivity index (χ0n) is 21.1. The molecule has 0 spiro atoms. The lowest BCUT2D eigenvalue weighted by Gasteiger charge is -2.41. The zero-order valence-corrected chi connectivity index (χ0v) is 21.1. The predicted molar refractivity (Wildman–Crippen MR) is 131 cm³/mol. The third-order valence-corrected chi connectivity index (χ3v) is 6.91. The number of nitrogens with one attached hydrogen (secondary N) is 2. The summed E-state index contributed by atoms with van der Waals surface area (Å²) in [5, 5.41) is 13.7. The molecule has 2 aliphatic heterocycles. The fourth-order valence-corrected chi connectivity index (χ4v) is 4.77. The molecule has 2 fully saturated rings. The van der Waals surface area contributed by atoms with Gasteiger partial charge in [0.2, 0.25) is 23.4 Å². The van der Waals surface area contributed by atoms with Crippen LogP contribution in [-0.2, 0) is 24.0 Å². The summed E-state index contributed by atoms with van der Waals surface area (Å²) in [6.45, 7) is -0.847.